The first-order valence-electron chi connectivity index (χ1n) is 6.24. The van der Waals surface area contributed by atoms with Crippen molar-refractivity contribution in [2.45, 2.75) is 39.2 Å². The molecule has 1 N–H and O–H groups in total. The van der Waals surface area contributed by atoms with Crippen molar-refractivity contribution in [1.29, 1.82) is 0 Å². The number of anilines is 1. The van der Waals surface area contributed by atoms with Gasteiger partial charge in [0.1, 0.15) is 0 Å². The monoisotopic (exact) mass is 311 g/mol. The summed E-state index contributed by atoms with van der Waals surface area (Å²) in [5.41, 5.74) is 3.11. The molecule has 1 aromatic carbocycles. The molecule has 1 aliphatic rings. The minimum Gasteiger partial charge on any atom is -0.378 e. The van der Waals surface area contributed by atoms with Gasteiger partial charge in [-0.1, -0.05) is 6.07 Å². The molecule has 1 saturated heterocycles. The Bertz CT molecular complexity index is 430. The van der Waals surface area contributed by atoms with E-state index in [1.165, 1.54) is 5.56 Å². The number of ether oxygens (including phenoxy) is 1. The van der Waals surface area contributed by atoms with Crippen molar-refractivity contribution in [2.24, 2.45) is 0 Å². The lowest BCUT2D eigenvalue weighted by Gasteiger charge is -2.13. The Hall–Kier alpha value is -0.870. The van der Waals surface area contributed by atoms with Gasteiger partial charge in [0.15, 0.2) is 0 Å². The minimum absolute atomic E-state index is 0.0227. The van der Waals surface area contributed by atoms with Crippen LogP contribution in [0.15, 0.2) is 16.6 Å². The van der Waals surface area contributed by atoms with Crippen LogP contribution in [-0.2, 0) is 9.53 Å². The van der Waals surface area contributed by atoms with Gasteiger partial charge in [-0.3, -0.25) is 4.79 Å². The molecular formula is C14H18BrNO2. The Morgan fingerprint density at radius 2 is 2.28 bits per heavy atom. The Labute approximate surface area is 116 Å². The second-order valence-corrected chi connectivity index (χ2v) is 5.68. The summed E-state index contributed by atoms with van der Waals surface area (Å²) in [6.45, 7) is 4.82. The third-order valence-electron chi connectivity index (χ3n) is 3.13. The molecular weight excluding hydrogens is 294 g/mol. The topological polar surface area (TPSA) is 38.3 Å². The third kappa shape index (κ3) is 3.33. The van der Waals surface area contributed by atoms with E-state index in [9.17, 15) is 4.79 Å². The van der Waals surface area contributed by atoms with Gasteiger partial charge in [0.2, 0.25) is 5.91 Å². The largest absolute Gasteiger partial charge is 0.378 e. The number of hydrogen-bond donors (Lipinski definition) is 1. The van der Waals surface area contributed by atoms with Gasteiger partial charge in [-0.2, -0.15) is 0 Å². The quantitative estimate of drug-likeness (QED) is 0.926. The Kier molecular flexibility index (Phi) is 4.40. The summed E-state index contributed by atoms with van der Waals surface area (Å²) in [4.78, 5) is 11.9. The Morgan fingerprint density at radius 3 is 2.89 bits per heavy atom. The van der Waals surface area contributed by atoms with Crippen LogP contribution >= 0.6 is 15.9 Å². The van der Waals surface area contributed by atoms with Crippen LogP contribution in [0.1, 0.15) is 30.4 Å². The SMILES string of the molecule is Cc1cc(C)c(NC(=O)CC2CCCO2)c(Br)c1. The summed E-state index contributed by atoms with van der Waals surface area (Å²) in [7, 11) is 0. The normalized spacial score (nSPS) is 18.9. The molecule has 1 fully saturated rings. The highest BCUT2D eigenvalue weighted by atomic mass is 79.9. The van der Waals surface area contributed by atoms with E-state index in [0.29, 0.717) is 6.42 Å². The van der Waals surface area contributed by atoms with Crippen LogP contribution in [0.25, 0.3) is 0 Å². The van der Waals surface area contributed by atoms with Gasteiger partial charge in [0, 0.05) is 11.1 Å². The molecule has 1 unspecified atom stereocenters. The molecule has 3 nitrogen and oxygen atoms in total. The number of benzene rings is 1. The number of rotatable bonds is 3. The van der Waals surface area contributed by atoms with E-state index < -0.39 is 0 Å². The molecule has 0 saturated carbocycles. The number of carbonyl (C=O) groups is 1. The van der Waals surface area contributed by atoms with E-state index in [2.05, 4.69) is 27.3 Å². The van der Waals surface area contributed by atoms with Crippen LogP contribution in [0.2, 0.25) is 0 Å². The van der Waals surface area contributed by atoms with E-state index in [1.807, 2.05) is 19.9 Å². The summed E-state index contributed by atoms with van der Waals surface area (Å²) >= 11 is 3.49. The first-order valence-corrected chi connectivity index (χ1v) is 7.04. The van der Waals surface area contributed by atoms with Gasteiger partial charge in [0.25, 0.3) is 0 Å². The summed E-state index contributed by atoms with van der Waals surface area (Å²) < 4.78 is 6.40. The van der Waals surface area contributed by atoms with Crippen molar-refractivity contribution in [1.82, 2.24) is 0 Å². The zero-order valence-corrected chi connectivity index (χ0v) is 12.3. The lowest BCUT2D eigenvalue weighted by Crippen LogP contribution is -2.20. The van der Waals surface area contributed by atoms with Crippen LogP contribution < -0.4 is 5.32 Å². The van der Waals surface area contributed by atoms with E-state index >= 15 is 0 Å². The standard InChI is InChI=1S/C14H18BrNO2/c1-9-6-10(2)14(12(15)7-9)16-13(17)8-11-4-3-5-18-11/h6-7,11H,3-5,8H2,1-2H3,(H,16,17). The number of hydrogen-bond acceptors (Lipinski definition) is 2. The minimum atomic E-state index is 0.0227. The molecule has 98 valence electrons. The molecule has 0 spiro atoms. The molecule has 1 aliphatic heterocycles. The smallest absolute Gasteiger partial charge is 0.227 e. The van der Waals surface area contributed by atoms with Gasteiger partial charge in [-0.05, 0) is 59.8 Å². The average molecular weight is 312 g/mol. The number of carbonyl (C=O) groups excluding carboxylic acids is 1. The maximum Gasteiger partial charge on any atom is 0.227 e. The second-order valence-electron chi connectivity index (χ2n) is 4.83. The summed E-state index contributed by atoms with van der Waals surface area (Å²) in [6, 6.07) is 4.07. The lowest BCUT2D eigenvalue weighted by molar-refractivity contribution is -0.118. The molecule has 1 aromatic rings. The fraction of sp³-hybridized carbons (Fsp3) is 0.500. The lowest BCUT2D eigenvalue weighted by atomic mass is 10.1. The average Bonchev–Trinajstić information content (AvgIpc) is 2.76. The van der Waals surface area contributed by atoms with E-state index in [-0.39, 0.29) is 12.0 Å². The highest BCUT2D eigenvalue weighted by Crippen LogP contribution is 2.28. The van der Waals surface area contributed by atoms with Crippen LogP contribution in [0.5, 0.6) is 0 Å². The molecule has 1 heterocycles. The first-order chi connectivity index (χ1) is 8.56. The molecule has 0 aliphatic carbocycles. The summed E-state index contributed by atoms with van der Waals surface area (Å²) in [5, 5.41) is 2.97. The highest BCUT2D eigenvalue weighted by molar-refractivity contribution is 9.10. The molecule has 4 heteroatoms. The fourth-order valence-corrected chi connectivity index (χ4v) is 3.05. The number of amides is 1. The van der Waals surface area contributed by atoms with Gasteiger partial charge in [-0.15, -0.1) is 0 Å². The fourth-order valence-electron chi connectivity index (χ4n) is 2.28. The van der Waals surface area contributed by atoms with Crippen molar-refractivity contribution in [2.75, 3.05) is 11.9 Å². The van der Waals surface area contributed by atoms with Gasteiger partial charge < -0.3 is 10.1 Å². The highest BCUT2D eigenvalue weighted by Gasteiger charge is 2.19. The van der Waals surface area contributed by atoms with E-state index in [4.69, 9.17) is 4.74 Å². The summed E-state index contributed by atoms with van der Waals surface area (Å²) in [5.74, 6) is 0.0227. The van der Waals surface area contributed by atoms with Gasteiger partial charge in [0.05, 0.1) is 18.2 Å². The third-order valence-corrected chi connectivity index (χ3v) is 3.76. The molecule has 0 bridgehead atoms. The van der Waals surface area contributed by atoms with Crippen molar-refractivity contribution in [3.8, 4) is 0 Å². The zero-order valence-electron chi connectivity index (χ0n) is 10.8. The number of halogens is 1. The maximum absolute atomic E-state index is 11.9. The van der Waals surface area contributed by atoms with Gasteiger partial charge in [-0.25, -0.2) is 0 Å². The van der Waals surface area contributed by atoms with Crippen LogP contribution in [-0.4, -0.2) is 18.6 Å². The maximum atomic E-state index is 11.9. The van der Waals surface area contributed by atoms with E-state index in [0.717, 1.165) is 35.2 Å². The second kappa shape index (κ2) is 5.85. The number of nitrogens with one attached hydrogen (secondary N) is 1. The molecule has 2 rings (SSSR count). The zero-order chi connectivity index (χ0) is 13.1. The Balaban J connectivity index is 2.02. The molecule has 0 aromatic heterocycles. The van der Waals surface area contributed by atoms with Crippen molar-refractivity contribution >= 4 is 27.5 Å². The predicted molar refractivity (Wildman–Crippen MR) is 75.8 cm³/mol. The molecule has 18 heavy (non-hydrogen) atoms. The van der Waals surface area contributed by atoms with E-state index in [1.54, 1.807) is 0 Å². The summed E-state index contributed by atoms with van der Waals surface area (Å²) in [6.07, 6.45) is 2.58. The van der Waals surface area contributed by atoms with Crippen LogP contribution in [0.3, 0.4) is 0 Å². The van der Waals surface area contributed by atoms with Crippen molar-refractivity contribution in [3.05, 3.63) is 27.7 Å². The Morgan fingerprint density at radius 1 is 1.50 bits per heavy atom. The molecule has 0 radical (unpaired) electrons. The molecule has 1 atom stereocenters. The van der Waals surface area contributed by atoms with Crippen LogP contribution in [0.4, 0.5) is 5.69 Å². The van der Waals surface area contributed by atoms with Crippen molar-refractivity contribution in [3.63, 3.8) is 0 Å². The number of aryl methyl sites for hydroxylation is 2. The first kappa shape index (κ1) is 13.6. The molecule has 1 amide bonds. The van der Waals surface area contributed by atoms with Crippen molar-refractivity contribution < 1.29 is 9.53 Å². The van der Waals surface area contributed by atoms with Crippen LogP contribution in [0, 0.1) is 13.8 Å². The van der Waals surface area contributed by atoms with Gasteiger partial charge >= 0.3 is 0 Å². The predicted octanol–water partition coefficient (Wildman–Crippen LogP) is 3.57.